The maximum atomic E-state index is 13.4. The van der Waals surface area contributed by atoms with Crippen LogP contribution in [0.2, 0.25) is 0 Å². The van der Waals surface area contributed by atoms with Crippen molar-refractivity contribution in [2.24, 2.45) is 0 Å². The highest BCUT2D eigenvalue weighted by molar-refractivity contribution is 5.76. The van der Waals surface area contributed by atoms with Crippen LogP contribution >= 0.6 is 0 Å². The number of hydrogen-bond acceptors (Lipinski definition) is 18. The van der Waals surface area contributed by atoms with Crippen LogP contribution < -0.4 is 5.32 Å². The van der Waals surface area contributed by atoms with E-state index >= 15 is 0 Å². The lowest BCUT2D eigenvalue weighted by Gasteiger charge is -2.48. The predicted octanol–water partition coefficient (Wildman–Crippen LogP) is 11.4. The second kappa shape index (κ2) is 58.0. The van der Waals surface area contributed by atoms with Crippen molar-refractivity contribution in [3.05, 3.63) is 109 Å². The van der Waals surface area contributed by atoms with Crippen LogP contribution in [0, 0.1) is 0 Å². The van der Waals surface area contributed by atoms with Gasteiger partial charge in [0.1, 0.15) is 73.2 Å². The number of nitrogens with one attached hydrogen (secondary N) is 1. The van der Waals surface area contributed by atoms with E-state index in [-0.39, 0.29) is 18.9 Å². The molecule has 17 unspecified atom stereocenters. The number of ether oxygens (including phenoxy) is 6. The summed E-state index contributed by atoms with van der Waals surface area (Å²) in [6.07, 6.45) is 52.0. The summed E-state index contributed by atoms with van der Waals surface area (Å²) in [6.45, 7) is 1.60. The maximum absolute atomic E-state index is 13.4. The molecule has 0 aromatic carbocycles. The number of unbranched alkanes of at least 4 members (excludes halogenated alkanes) is 25. The molecule has 97 heavy (non-hydrogen) atoms. The number of carbonyl (C=O) groups excluding carboxylic acids is 1. The highest BCUT2D eigenvalue weighted by Gasteiger charge is 2.53. The van der Waals surface area contributed by atoms with Crippen LogP contribution in [0.4, 0.5) is 0 Å². The summed E-state index contributed by atoms with van der Waals surface area (Å²) in [7, 11) is 0. The van der Waals surface area contributed by atoms with Gasteiger partial charge in [-0.25, -0.2) is 0 Å². The largest absolute Gasteiger partial charge is 0.394 e. The van der Waals surface area contributed by atoms with Gasteiger partial charge in [0.25, 0.3) is 0 Å². The summed E-state index contributed by atoms with van der Waals surface area (Å²) in [5, 5.41) is 121. The lowest BCUT2D eigenvalue weighted by Crippen LogP contribution is -2.66. The summed E-state index contributed by atoms with van der Waals surface area (Å²) >= 11 is 0. The molecular formula is C78H133NO18. The molecule has 12 N–H and O–H groups in total. The minimum Gasteiger partial charge on any atom is -0.394 e. The highest BCUT2D eigenvalue weighted by atomic mass is 16.8. The monoisotopic (exact) mass is 1370 g/mol. The summed E-state index contributed by atoms with van der Waals surface area (Å²) < 4.78 is 34.4. The van der Waals surface area contributed by atoms with E-state index in [4.69, 9.17) is 28.4 Å². The van der Waals surface area contributed by atoms with Crippen molar-refractivity contribution < 1.29 is 89.4 Å². The van der Waals surface area contributed by atoms with Gasteiger partial charge in [-0.05, 0) is 89.9 Å². The molecule has 3 fully saturated rings. The molecule has 3 aliphatic rings. The Morgan fingerprint density at radius 2 is 0.722 bits per heavy atom. The van der Waals surface area contributed by atoms with E-state index in [9.17, 15) is 61.0 Å². The first-order valence-electron chi connectivity index (χ1n) is 37.6. The SMILES string of the molecule is CC/C=C\C/C=C\C/C=C\C/C=C\C/C=C\C/C=C\C/C=C\CCCCCCCCCCCCCC(=O)NC(COC1OC(CO)C(OC2OC(CO)C(OC3OC(CO)C(O)C(O)C3O)C(O)C2O)C(O)C1O)C(O)/C=C/CC/C=C/CCCCCCCCCCCCCCC. The molecule has 19 heteroatoms. The van der Waals surface area contributed by atoms with Crippen molar-refractivity contribution in [2.75, 3.05) is 26.4 Å². The first-order chi connectivity index (χ1) is 47.3. The van der Waals surface area contributed by atoms with E-state index < -0.39 is 124 Å². The van der Waals surface area contributed by atoms with Crippen molar-refractivity contribution in [3.8, 4) is 0 Å². The molecule has 19 nitrogen and oxygen atoms in total. The molecule has 3 heterocycles. The molecular weight excluding hydrogens is 1240 g/mol. The average Bonchev–Trinajstić information content (AvgIpc) is 0.845. The Morgan fingerprint density at radius 3 is 1.15 bits per heavy atom. The Labute approximate surface area is 583 Å². The van der Waals surface area contributed by atoms with Gasteiger partial charge in [-0.15, -0.1) is 0 Å². The predicted molar refractivity (Wildman–Crippen MR) is 383 cm³/mol. The van der Waals surface area contributed by atoms with Crippen LogP contribution in [0.15, 0.2) is 109 Å². The smallest absolute Gasteiger partial charge is 0.220 e. The van der Waals surface area contributed by atoms with Crippen LogP contribution in [-0.2, 0) is 33.2 Å². The third-order valence-electron chi connectivity index (χ3n) is 18.1. The third kappa shape index (κ3) is 38.9. The van der Waals surface area contributed by atoms with Gasteiger partial charge in [0.2, 0.25) is 5.91 Å². The average molecular weight is 1370 g/mol. The fourth-order valence-corrected chi connectivity index (χ4v) is 12.0. The van der Waals surface area contributed by atoms with Gasteiger partial charge >= 0.3 is 0 Å². The Kier molecular flexibility index (Phi) is 52.4. The second-order valence-electron chi connectivity index (χ2n) is 26.4. The molecule has 0 aliphatic carbocycles. The van der Waals surface area contributed by atoms with Crippen molar-refractivity contribution >= 4 is 5.91 Å². The van der Waals surface area contributed by atoms with E-state index in [2.05, 4.69) is 116 Å². The van der Waals surface area contributed by atoms with Gasteiger partial charge in [0.05, 0.1) is 38.6 Å². The first-order valence-corrected chi connectivity index (χ1v) is 37.6. The Bertz CT molecular complexity index is 2180. The fourth-order valence-electron chi connectivity index (χ4n) is 12.0. The normalized spacial score (nSPS) is 27.5. The Balaban J connectivity index is 1.39. The summed E-state index contributed by atoms with van der Waals surface area (Å²) in [6, 6.07) is -0.999. The molecule has 3 rings (SSSR count). The lowest BCUT2D eigenvalue weighted by molar-refractivity contribution is -0.379. The zero-order valence-electron chi connectivity index (χ0n) is 59.3. The molecule has 0 radical (unpaired) electrons. The summed E-state index contributed by atoms with van der Waals surface area (Å²) in [5.74, 6) is -0.292. The van der Waals surface area contributed by atoms with Crippen molar-refractivity contribution in [1.29, 1.82) is 0 Å². The molecule has 1 amide bonds. The quantitative estimate of drug-likeness (QED) is 0.0199. The molecule has 17 atom stereocenters. The van der Waals surface area contributed by atoms with E-state index in [1.165, 1.54) is 116 Å². The van der Waals surface area contributed by atoms with Crippen LogP contribution in [0.3, 0.4) is 0 Å². The molecule has 0 aromatic heterocycles. The van der Waals surface area contributed by atoms with Gasteiger partial charge in [0, 0.05) is 6.42 Å². The Morgan fingerprint density at radius 1 is 0.381 bits per heavy atom. The topological polar surface area (TPSA) is 307 Å². The number of amides is 1. The zero-order valence-corrected chi connectivity index (χ0v) is 59.3. The van der Waals surface area contributed by atoms with Gasteiger partial charge in [-0.2, -0.15) is 0 Å². The molecule has 558 valence electrons. The van der Waals surface area contributed by atoms with Gasteiger partial charge in [-0.3, -0.25) is 4.79 Å². The molecule has 0 spiro atoms. The van der Waals surface area contributed by atoms with Crippen molar-refractivity contribution in [3.63, 3.8) is 0 Å². The minimum absolute atomic E-state index is 0.225. The second-order valence-corrected chi connectivity index (χ2v) is 26.4. The standard InChI is InChI=1S/C78H133NO18/c1-3-5-7-9-11-13-15-17-19-21-23-24-25-26-27-28-29-30-31-32-33-34-35-36-38-40-42-44-46-48-50-52-54-56-66(84)79-61(62(83)55-53-51-49-47-45-43-41-39-37-22-20-18-16-14-12-10-8-6-4-2)60-92-76-72(90)69(87)74(64(58-81)94-76)97-78-73(91)70(88)75(65(59-82)95-78)96-77-71(89)68(86)67(85)63(57-80)93-77/h5,7,11,13,17,19,23-24,26-27,29-30,32-33,45,47,53,55,61-65,67-78,80-83,85-91H,3-4,6,8-10,12,14-16,18,20-22,25,28,31,34-44,46,48-52,54,56-60H2,1-2H3,(H,79,84)/b7-5-,13-11-,19-17-,24-23-,27-26-,30-29-,33-32-,47-45+,55-53+. The maximum Gasteiger partial charge on any atom is 0.220 e. The number of aliphatic hydroxyl groups is 11. The number of allylic oxidation sites excluding steroid dienone is 17. The van der Waals surface area contributed by atoms with E-state index in [0.717, 1.165) is 96.3 Å². The van der Waals surface area contributed by atoms with Gasteiger partial charge in [-0.1, -0.05) is 258 Å². The number of hydrogen-bond donors (Lipinski definition) is 12. The minimum atomic E-state index is -1.99. The van der Waals surface area contributed by atoms with Crippen LogP contribution in [-0.4, -0.2) is 193 Å². The van der Waals surface area contributed by atoms with Crippen molar-refractivity contribution in [1.82, 2.24) is 5.32 Å². The lowest BCUT2D eigenvalue weighted by atomic mass is 9.96. The molecule has 0 bridgehead atoms. The van der Waals surface area contributed by atoms with Crippen molar-refractivity contribution in [2.45, 2.75) is 349 Å². The Hall–Kier alpha value is -3.55. The molecule has 3 saturated heterocycles. The number of carbonyl (C=O) groups is 1. The molecule has 0 aromatic rings. The fraction of sp³-hybridized carbons (Fsp3) is 0.756. The highest BCUT2D eigenvalue weighted by Crippen LogP contribution is 2.33. The van der Waals surface area contributed by atoms with Crippen LogP contribution in [0.5, 0.6) is 0 Å². The van der Waals surface area contributed by atoms with E-state index in [0.29, 0.717) is 12.8 Å². The first kappa shape index (κ1) is 87.7. The van der Waals surface area contributed by atoms with Gasteiger partial charge in [0.15, 0.2) is 18.9 Å². The van der Waals surface area contributed by atoms with Crippen LogP contribution in [0.1, 0.15) is 245 Å². The molecule has 0 saturated carbocycles. The zero-order chi connectivity index (χ0) is 70.4. The third-order valence-corrected chi connectivity index (χ3v) is 18.1. The van der Waals surface area contributed by atoms with E-state index in [1.807, 2.05) is 6.08 Å². The molecule has 3 aliphatic heterocycles. The number of rotatable bonds is 57. The number of aliphatic hydroxyl groups excluding tert-OH is 11. The van der Waals surface area contributed by atoms with Gasteiger partial charge < -0.3 is 89.9 Å². The van der Waals surface area contributed by atoms with E-state index in [1.54, 1.807) is 6.08 Å². The summed E-state index contributed by atoms with van der Waals surface area (Å²) in [5.41, 5.74) is 0. The summed E-state index contributed by atoms with van der Waals surface area (Å²) in [4.78, 5) is 13.4. The van der Waals surface area contributed by atoms with Crippen LogP contribution in [0.25, 0.3) is 0 Å².